The molecule has 2 aliphatic rings. The largest absolute Gasteiger partial charge is 0.462 e. The SMILES string of the molecule is CC[C@H]1OC(=O)C[C@@H](O)[C@H](C)[C@@H](O[C@@H]2O[C@H](C)C[C@H](N(C)C)[C@H]2O)C(CC=O)C[C@@H](C)C(=O)/C=C/C(C)=C/[C@@H]1C. The van der Waals surface area contributed by atoms with E-state index in [1.165, 1.54) is 0 Å². The second-order valence-corrected chi connectivity index (χ2v) is 12.0. The lowest BCUT2D eigenvalue weighted by Gasteiger charge is -2.44. The number of aldehydes is 1. The van der Waals surface area contributed by atoms with Crippen molar-refractivity contribution in [2.45, 2.75) is 116 Å². The molecule has 1 saturated heterocycles. The molecular formula is C31H51NO8. The molecule has 1 unspecified atom stereocenters. The molecule has 0 spiro atoms. The molecule has 11 atom stereocenters. The average molecular weight is 566 g/mol. The predicted molar refractivity (Wildman–Crippen MR) is 152 cm³/mol. The lowest BCUT2D eigenvalue weighted by Crippen LogP contribution is -2.56. The third-order valence-corrected chi connectivity index (χ3v) is 8.38. The van der Waals surface area contributed by atoms with Crippen LogP contribution < -0.4 is 0 Å². The summed E-state index contributed by atoms with van der Waals surface area (Å²) in [5.74, 6) is -2.20. The molecule has 0 aromatic carbocycles. The fourth-order valence-corrected chi connectivity index (χ4v) is 5.84. The Morgan fingerprint density at radius 3 is 2.38 bits per heavy atom. The number of nitrogens with zero attached hydrogens (tertiary/aromatic N) is 1. The van der Waals surface area contributed by atoms with Crippen molar-refractivity contribution in [3.63, 3.8) is 0 Å². The number of esters is 1. The molecule has 2 rings (SSSR count). The van der Waals surface area contributed by atoms with Crippen LogP contribution in [0.2, 0.25) is 0 Å². The van der Waals surface area contributed by atoms with E-state index in [1.807, 2.05) is 59.7 Å². The highest BCUT2D eigenvalue weighted by molar-refractivity contribution is 5.91. The Balaban J connectivity index is 2.48. The van der Waals surface area contributed by atoms with Crippen molar-refractivity contribution in [2.24, 2.45) is 23.7 Å². The molecule has 2 N–H and O–H groups in total. The lowest BCUT2D eigenvalue weighted by atomic mass is 9.79. The zero-order chi connectivity index (χ0) is 30.1. The van der Waals surface area contributed by atoms with Gasteiger partial charge in [-0.05, 0) is 59.2 Å². The minimum Gasteiger partial charge on any atom is -0.462 e. The van der Waals surface area contributed by atoms with E-state index in [0.717, 1.165) is 11.9 Å². The molecule has 40 heavy (non-hydrogen) atoms. The van der Waals surface area contributed by atoms with Gasteiger partial charge in [-0.2, -0.15) is 0 Å². The summed E-state index contributed by atoms with van der Waals surface area (Å²) in [5, 5.41) is 22.3. The Bertz CT molecular complexity index is 902. The third kappa shape index (κ3) is 9.58. The topological polar surface area (TPSA) is 123 Å². The van der Waals surface area contributed by atoms with E-state index in [9.17, 15) is 24.6 Å². The van der Waals surface area contributed by atoms with Gasteiger partial charge < -0.3 is 34.1 Å². The van der Waals surface area contributed by atoms with E-state index in [1.54, 1.807) is 19.1 Å². The summed E-state index contributed by atoms with van der Waals surface area (Å²) < 4.78 is 18.2. The molecule has 9 nitrogen and oxygen atoms in total. The zero-order valence-electron chi connectivity index (χ0n) is 25.5. The van der Waals surface area contributed by atoms with Crippen molar-refractivity contribution in [1.82, 2.24) is 4.90 Å². The first-order valence-electron chi connectivity index (χ1n) is 14.7. The maximum atomic E-state index is 13.1. The molecule has 0 aromatic rings. The van der Waals surface area contributed by atoms with Crippen LogP contribution in [-0.2, 0) is 28.6 Å². The van der Waals surface area contributed by atoms with Crippen LogP contribution in [0.1, 0.15) is 73.6 Å². The highest BCUT2D eigenvalue weighted by atomic mass is 16.7. The van der Waals surface area contributed by atoms with E-state index >= 15 is 0 Å². The van der Waals surface area contributed by atoms with Gasteiger partial charge in [0.15, 0.2) is 12.1 Å². The average Bonchev–Trinajstić information content (AvgIpc) is 2.88. The molecule has 228 valence electrons. The Morgan fingerprint density at radius 2 is 1.77 bits per heavy atom. The van der Waals surface area contributed by atoms with Crippen LogP contribution in [0.4, 0.5) is 0 Å². The molecule has 0 amide bonds. The van der Waals surface area contributed by atoms with Gasteiger partial charge in [0.1, 0.15) is 18.5 Å². The number of carbonyl (C=O) groups is 3. The smallest absolute Gasteiger partial charge is 0.308 e. The Kier molecular flexibility index (Phi) is 13.6. The van der Waals surface area contributed by atoms with Crippen molar-refractivity contribution in [2.75, 3.05) is 14.1 Å². The Morgan fingerprint density at radius 1 is 1.10 bits per heavy atom. The molecule has 0 radical (unpaired) electrons. The molecule has 0 bridgehead atoms. The number of hydrogen-bond donors (Lipinski definition) is 2. The Labute approximate surface area is 239 Å². The monoisotopic (exact) mass is 565 g/mol. The molecule has 0 aromatic heterocycles. The van der Waals surface area contributed by atoms with Gasteiger partial charge in [-0.25, -0.2) is 0 Å². The van der Waals surface area contributed by atoms with E-state index < -0.39 is 48.3 Å². The molecule has 2 aliphatic heterocycles. The van der Waals surface area contributed by atoms with Gasteiger partial charge in [-0.1, -0.05) is 45.4 Å². The first-order chi connectivity index (χ1) is 18.8. The number of rotatable bonds is 6. The minimum absolute atomic E-state index is 0.0796. The van der Waals surface area contributed by atoms with Crippen molar-refractivity contribution < 1.29 is 38.8 Å². The zero-order valence-corrected chi connectivity index (χ0v) is 25.5. The van der Waals surface area contributed by atoms with Crippen LogP contribution in [0.15, 0.2) is 23.8 Å². The Hall–Kier alpha value is -1.91. The highest BCUT2D eigenvalue weighted by Crippen LogP contribution is 2.34. The third-order valence-electron chi connectivity index (χ3n) is 8.38. The standard InChI is InChI=1S/C31H51NO8/c1-9-27-20(4)14-18(2)10-11-25(34)19(3)15-23(12-13-33)30(22(6)26(35)17-28(36)39-27)40-31-29(37)24(32(7)8)16-21(5)38-31/h10-11,13-14,19-24,26-27,29-31,35,37H,9,12,15-17H2,1-8H3/b11-10+,18-14+/t19-,20+,21-,22+,23?,24+,26-,27-,29-,30-,31+/m1/s1. The summed E-state index contributed by atoms with van der Waals surface area (Å²) in [6.45, 7) is 11.3. The molecule has 9 heteroatoms. The molecular weight excluding hydrogens is 514 g/mol. The molecule has 1 fully saturated rings. The van der Waals surface area contributed by atoms with E-state index in [0.29, 0.717) is 19.3 Å². The summed E-state index contributed by atoms with van der Waals surface area (Å²) in [5.41, 5.74) is 0.877. The number of likely N-dealkylation sites (N-methyl/N-ethyl adjacent to an activating group) is 1. The second kappa shape index (κ2) is 15.9. The summed E-state index contributed by atoms with van der Waals surface area (Å²) in [7, 11) is 3.76. The van der Waals surface area contributed by atoms with Gasteiger partial charge in [-0.3, -0.25) is 9.59 Å². The lowest BCUT2D eigenvalue weighted by molar-refractivity contribution is -0.283. The van der Waals surface area contributed by atoms with Crippen LogP contribution >= 0.6 is 0 Å². The van der Waals surface area contributed by atoms with Crippen LogP contribution in [0.3, 0.4) is 0 Å². The number of aliphatic hydroxyl groups is 2. The first kappa shape index (κ1) is 34.3. The van der Waals surface area contributed by atoms with Crippen molar-refractivity contribution in [3.05, 3.63) is 23.8 Å². The van der Waals surface area contributed by atoms with Gasteiger partial charge in [0.05, 0.1) is 24.7 Å². The van der Waals surface area contributed by atoms with Crippen LogP contribution in [0.25, 0.3) is 0 Å². The minimum atomic E-state index is -1.14. The number of allylic oxidation sites excluding steroid dienone is 3. The maximum absolute atomic E-state index is 13.1. The van der Waals surface area contributed by atoms with Crippen molar-refractivity contribution in [3.8, 4) is 0 Å². The number of hydrogen-bond acceptors (Lipinski definition) is 9. The summed E-state index contributed by atoms with van der Waals surface area (Å²) in [6.07, 6.45) is 2.94. The van der Waals surface area contributed by atoms with Crippen molar-refractivity contribution >= 4 is 18.0 Å². The molecule has 0 saturated carbocycles. The van der Waals surface area contributed by atoms with Crippen LogP contribution in [0, 0.1) is 23.7 Å². The number of carbonyl (C=O) groups excluding carboxylic acids is 3. The van der Waals surface area contributed by atoms with Gasteiger partial charge in [0.2, 0.25) is 0 Å². The summed E-state index contributed by atoms with van der Waals surface area (Å²) >= 11 is 0. The molecule has 0 aliphatic carbocycles. The van der Waals surface area contributed by atoms with Crippen LogP contribution in [0.5, 0.6) is 0 Å². The van der Waals surface area contributed by atoms with E-state index in [-0.39, 0.29) is 42.8 Å². The van der Waals surface area contributed by atoms with E-state index in [2.05, 4.69) is 0 Å². The van der Waals surface area contributed by atoms with Crippen molar-refractivity contribution in [1.29, 1.82) is 0 Å². The number of cyclic esters (lactones) is 1. The normalized spacial score (nSPS) is 41.2. The van der Waals surface area contributed by atoms with Gasteiger partial charge in [0, 0.05) is 30.2 Å². The summed E-state index contributed by atoms with van der Waals surface area (Å²) in [6, 6.07) is -0.213. The number of ketones is 1. The fraction of sp³-hybridized carbons (Fsp3) is 0.774. The summed E-state index contributed by atoms with van der Waals surface area (Å²) in [4.78, 5) is 39.7. The first-order valence-corrected chi connectivity index (χ1v) is 14.7. The van der Waals surface area contributed by atoms with Crippen LogP contribution in [-0.4, -0.2) is 90.1 Å². The van der Waals surface area contributed by atoms with E-state index in [4.69, 9.17) is 14.2 Å². The predicted octanol–water partition coefficient (Wildman–Crippen LogP) is 3.46. The number of aliphatic hydroxyl groups excluding tert-OH is 2. The quantitative estimate of drug-likeness (QED) is 0.368. The number of ether oxygens (including phenoxy) is 3. The highest BCUT2D eigenvalue weighted by Gasteiger charge is 2.43. The van der Waals surface area contributed by atoms with Gasteiger partial charge in [0.25, 0.3) is 0 Å². The fourth-order valence-electron chi connectivity index (χ4n) is 5.84. The maximum Gasteiger partial charge on any atom is 0.308 e. The van der Waals surface area contributed by atoms with Gasteiger partial charge in [-0.15, -0.1) is 0 Å². The second-order valence-electron chi connectivity index (χ2n) is 12.0. The molecule has 2 heterocycles. The van der Waals surface area contributed by atoms with Gasteiger partial charge >= 0.3 is 5.97 Å².